The first-order valence-corrected chi connectivity index (χ1v) is 4.98. The highest BCUT2D eigenvalue weighted by molar-refractivity contribution is 5.92. The minimum atomic E-state index is -0.249. The molecule has 0 atom stereocenters. The van der Waals surface area contributed by atoms with E-state index in [2.05, 4.69) is 16.5 Å². The molecule has 16 heavy (non-hydrogen) atoms. The molecule has 5 heteroatoms. The third kappa shape index (κ3) is 3.13. The Morgan fingerprint density at radius 3 is 2.81 bits per heavy atom. The number of aromatic nitrogens is 2. The van der Waals surface area contributed by atoms with Crippen LogP contribution in [0.1, 0.15) is 16.2 Å². The molecule has 0 saturated carbocycles. The molecule has 1 heterocycles. The van der Waals surface area contributed by atoms with Gasteiger partial charge in [-0.15, -0.1) is 6.58 Å². The van der Waals surface area contributed by atoms with Crippen molar-refractivity contribution in [3.05, 3.63) is 36.4 Å². The second-order valence-electron chi connectivity index (χ2n) is 3.31. The van der Waals surface area contributed by atoms with Crippen molar-refractivity contribution in [3.63, 3.8) is 0 Å². The Labute approximate surface area is 94.5 Å². The fourth-order valence-electron chi connectivity index (χ4n) is 1.22. The summed E-state index contributed by atoms with van der Waals surface area (Å²) in [5, 5.41) is 8.84. The number of aryl methyl sites for hydroxylation is 1. The van der Waals surface area contributed by atoms with Crippen molar-refractivity contribution in [2.24, 2.45) is 0 Å². The van der Waals surface area contributed by atoms with Gasteiger partial charge in [-0.3, -0.25) is 9.78 Å². The van der Waals surface area contributed by atoms with E-state index in [1.165, 1.54) is 17.3 Å². The normalized spacial score (nSPS) is 9.88. The zero-order chi connectivity index (χ0) is 12.0. The number of hydrogen-bond acceptors (Lipinski definition) is 4. The molecule has 0 unspecified atom stereocenters. The van der Waals surface area contributed by atoms with Gasteiger partial charge in [0, 0.05) is 19.3 Å². The maximum absolute atomic E-state index is 11.9. The van der Waals surface area contributed by atoms with E-state index in [1.54, 1.807) is 13.0 Å². The molecule has 1 rings (SSSR count). The van der Waals surface area contributed by atoms with E-state index in [4.69, 9.17) is 5.11 Å². The molecule has 0 aliphatic rings. The molecule has 0 spiro atoms. The predicted octanol–water partition coefficient (Wildman–Crippen LogP) is 0.406. The molecule has 1 N–H and O–H groups in total. The third-order valence-electron chi connectivity index (χ3n) is 2.01. The average Bonchev–Trinajstić information content (AvgIpc) is 2.29. The summed E-state index contributed by atoms with van der Waals surface area (Å²) in [4.78, 5) is 21.4. The van der Waals surface area contributed by atoms with Crippen LogP contribution < -0.4 is 0 Å². The van der Waals surface area contributed by atoms with Crippen LogP contribution in [0.5, 0.6) is 0 Å². The van der Waals surface area contributed by atoms with Crippen molar-refractivity contribution in [2.75, 3.05) is 19.7 Å². The standard InChI is InChI=1S/C11H15N3O2/c1-3-4-14(5-6-15)11(16)10-8-12-9(2)7-13-10/h3,7-8,15H,1,4-6H2,2H3. The van der Waals surface area contributed by atoms with Gasteiger partial charge in [-0.2, -0.15) is 0 Å². The highest BCUT2D eigenvalue weighted by Gasteiger charge is 2.15. The lowest BCUT2D eigenvalue weighted by molar-refractivity contribution is 0.0736. The first-order valence-electron chi connectivity index (χ1n) is 4.98. The zero-order valence-electron chi connectivity index (χ0n) is 9.26. The zero-order valence-corrected chi connectivity index (χ0v) is 9.26. The van der Waals surface area contributed by atoms with Crippen molar-refractivity contribution >= 4 is 5.91 Å². The van der Waals surface area contributed by atoms with Crippen molar-refractivity contribution in [1.29, 1.82) is 0 Å². The molecule has 0 saturated heterocycles. The molecule has 0 radical (unpaired) electrons. The molecule has 86 valence electrons. The molecule has 0 fully saturated rings. The maximum Gasteiger partial charge on any atom is 0.274 e. The summed E-state index contributed by atoms with van der Waals surface area (Å²) in [6.07, 6.45) is 4.58. The quantitative estimate of drug-likeness (QED) is 0.731. The van der Waals surface area contributed by atoms with Crippen LogP contribution in [-0.4, -0.2) is 45.6 Å². The van der Waals surface area contributed by atoms with Crippen LogP contribution in [0.2, 0.25) is 0 Å². The number of nitrogens with zero attached hydrogens (tertiary/aromatic N) is 3. The van der Waals surface area contributed by atoms with Gasteiger partial charge in [0.25, 0.3) is 5.91 Å². The van der Waals surface area contributed by atoms with Crippen LogP contribution in [-0.2, 0) is 0 Å². The molecular formula is C11H15N3O2. The number of amides is 1. The lowest BCUT2D eigenvalue weighted by Gasteiger charge is -2.19. The van der Waals surface area contributed by atoms with Crippen LogP contribution in [0.25, 0.3) is 0 Å². The van der Waals surface area contributed by atoms with Gasteiger partial charge >= 0.3 is 0 Å². The lowest BCUT2D eigenvalue weighted by atomic mass is 10.3. The fourth-order valence-corrected chi connectivity index (χ4v) is 1.22. The van der Waals surface area contributed by atoms with E-state index in [0.717, 1.165) is 5.69 Å². The number of aliphatic hydroxyl groups excluding tert-OH is 1. The Bertz CT molecular complexity index is 362. The monoisotopic (exact) mass is 221 g/mol. The molecule has 0 aromatic carbocycles. The lowest BCUT2D eigenvalue weighted by Crippen LogP contribution is -2.34. The Morgan fingerprint density at radius 2 is 2.31 bits per heavy atom. The van der Waals surface area contributed by atoms with Gasteiger partial charge in [-0.25, -0.2) is 4.98 Å². The number of rotatable bonds is 5. The number of carbonyl (C=O) groups excluding carboxylic acids is 1. The van der Waals surface area contributed by atoms with Crippen molar-refractivity contribution < 1.29 is 9.90 Å². The van der Waals surface area contributed by atoms with E-state index in [-0.39, 0.29) is 24.8 Å². The van der Waals surface area contributed by atoms with Crippen LogP contribution >= 0.6 is 0 Å². The van der Waals surface area contributed by atoms with Gasteiger partial charge in [-0.05, 0) is 6.92 Å². The van der Waals surface area contributed by atoms with Crippen molar-refractivity contribution in [3.8, 4) is 0 Å². The number of carbonyl (C=O) groups is 1. The number of hydrogen-bond donors (Lipinski definition) is 1. The molecule has 5 nitrogen and oxygen atoms in total. The van der Waals surface area contributed by atoms with Crippen LogP contribution in [0, 0.1) is 6.92 Å². The highest BCUT2D eigenvalue weighted by atomic mass is 16.3. The molecule has 0 aliphatic carbocycles. The van der Waals surface area contributed by atoms with Crippen LogP contribution in [0.15, 0.2) is 25.0 Å². The molecule has 1 aromatic rings. The van der Waals surface area contributed by atoms with Crippen LogP contribution in [0.3, 0.4) is 0 Å². The topological polar surface area (TPSA) is 66.3 Å². The summed E-state index contributed by atoms with van der Waals surface area (Å²) in [5.74, 6) is -0.249. The Morgan fingerprint density at radius 1 is 1.56 bits per heavy atom. The van der Waals surface area contributed by atoms with Gasteiger partial charge in [0.2, 0.25) is 0 Å². The molecular weight excluding hydrogens is 206 g/mol. The minimum Gasteiger partial charge on any atom is -0.395 e. The van der Waals surface area contributed by atoms with Gasteiger partial charge in [0.15, 0.2) is 0 Å². The van der Waals surface area contributed by atoms with E-state index in [9.17, 15) is 4.79 Å². The first-order chi connectivity index (χ1) is 7.69. The van der Waals surface area contributed by atoms with Crippen LogP contribution in [0.4, 0.5) is 0 Å². The smallest absolute Gasteiger partial charge is 0.274 e. The van der Waals surface area contributed by atoms with Gasteiger partial charge < -0.3 is 10.0 Å². The first kappa shape index (κ1) is 12.3. The number of aliphatic hydroxyl groups is 1. The Kier molecular flexibility index (Phi) is 4.60. The summed E-state index contributed by atoms with van der Waals surface area (Å²) in [6.45, 7) is 5.93. The minimum absolute atomic E-state index is 0.0845. The van der Waals surface area contributed by atoms with Crippen molar-refractivity contribution in [1.82, 2.24) is 14.9 Å². The van der Waals surface area contributed by atoms with Gasteiger partial charge in [0.1, 0.15) is 5.69 Å². The molecule has 0 aliphatic heterocycles. The fraction of sp³-hybridized carbons (Fsp3) is 0.364. The van der Waals surface area contributed by atoms with E-state index < -0.39 is 0 Å². The third-order valence-corrected chi connectivity index (χ3v) is 2.01. The summed E-state index contributed by atoms with van der Waals surface area (Å²) >= 11 is 0. The summed E-state index contributed by atoms with van der Waals surface area (Å²) in [6, 6.07) is 0. The largest absolute Gasteiger partial charge is 0.395 e. The predicted molar refractivity (Wildman–Crippen MR) is 60.0 cm³/mol. The summed E-state index contributed by atoms with van der Waals surface area (Å²) < 4.78 is 0. The van der Waals surface area contributed by atoms with E-state index >= 15 is 0 Å². The summed E-state index contributed by atoms with van der Waals surface area (Å²) in [5.41, 5.74) is 1.04. The van der Waals surface area contributed by atoms with Crippen molar-refractivity contribution in [2.45, 2.75) is 6.92 Å². The molecule has 1 aromatic heterocycles. The maximum atomic E-state index is 11.9. The Hall–Kier alpha value is -1.75. The molecule has 1 amide bonds. The second-order valence-corrected chi connectivity index (χ2v) is 3.31. The van der Waals surface area contributed by atoms with E-state index in [1.807, 2.05) is 0 Å². The highest BCUT2D eigenvalue weighted by Crippen LogP contribution is 2.01. The van der Waals surface area contributed by atoms with E-state index in [0.29, 0.717) is 6.54 Å². The molecule has 0 bridgehead atoms. The second kappa shape index (κ2) is 5.97. The summed E-state index contributed by atoms with van der Waals surface area (Å²) in [7, 11) is 0. The Balaban J connectivity index is 2.80. The average molecular weight is 221 g/mol. The SMILES string of the molecule is C=CCN(CCO)C(=O)c1cnc(C)cn1. The van der Waals surface area contributed by atoms with Gasteiger partial charge in [0.05, 0.1) is 18.5 Å². The van der Waals surface area contributed by atoms with Gasteiger partial charge in [-0.1, -0.05) is 6.08 Å².